The molecular weight excluding hydrogens is 280 g/mol. The van der Waals surface area contributed by atoms with E-state index >= 15 is 0 Å². The number of hydrogen-bond acceptors (Lipinski definition) is 6. The third-order valence-electron chi connectivity index (χ3n) is 3.00. The highest BCUT2D eigenvalue weighted by Crippen LogP contribution is 2.31. The second-order valence-corrected chi connectivity index (χ2v) is 6.62. The van der Waals surface area contributed by atoms with Crippen LogP contribution in [0.25, 0.3) is 0 Å². The summed E-state index contributed by atoms with van der Waals surface area (Å²) in [5.74, 6) is -0.192. The number of β-amino-alcohol motifs (C(OH)–C–C–N with tert-alkyl or cyclic N) is 1. The van der Waals surface area contributed by atoms with Crippen molar-refractivity contribution in [3.8, 4) is 5.19 Å². The molecule has 1 aromatic rings. The Morgan fingerprint density at radius 3 is 2.75 bits per heavy atom. The van der Waals surface area contributed by atoms with Crippen LogP contribution >= 0.6 is 11.3 Å². The van der Waals surface area contributed by atoms with Gasteiger partial charge in [0.1, 0.15) is 5.60 Å². The molecule has 1 aliphatic heterocycles. The van der Waals surface area contributed by atoms with Crippen molar-refractivity contribution in [1.82, 2.24) is 9.88 Å². The molecule has 7 heteroatoms. The predicted octanol–water partition coefficient (Wildman–Crippen LogP) is 1.85. The van der Waals surface area contributed by atoms with Gasteiger partial charge in [0.2, 0.25) is 0 Å². The third-order valence-corrected chi connectivity index (χ3v) is 3.82. The monoisotopic (exact) mass is 300 g/mol. The Kier molecular flexibility index (Phi) is 4.19. The van der Waals surface area contributed by atoms with Gasteiger partial charge in [0, 0.05) is 17.8 Å². The van der Waals surface area contributed by atoms with Crippen LogP contribution in [0, 0.1) is 0 Å². The topological polar surface area (TPSA) is 71.9 Å². The molecule has 1 saturated heterocycles. The quantitative estimate of drug-likeness (QED) is 0.902. The minimum atomic E-state index is -0.630. The van der Waals surface area contributed by atoms with E-state index in [1.807, 2.05) is 26.2 Å². The number of aliphatic hydroxyl groups excluding tert-OH is 1. The van der Waals surface area contributed by atoms with E-state index in [0.29, 0.717) is 11.7 Å². The lowest BCUT2D eigenvalue weighted by Crippen LogP contribution is -2.35. The van der Waals surface area contributed by atoms with Crippen LogP contribution in [-0.4, -0.2) is 53.0 Å². The van der Waals surface area contributed by atoms with E-state index in [2.05, 4.69) is 4.98 Å². The van der Waals surface area contributed by atoms with E-state index in [1.54, 1.807) is 7.11 Å². The fourth-order valence-corrected chi connectivity index (χ4v) is 2.79. The number of likely N-dealkylation sites (tertiary alicyclic amines) is 1. The van der Waals surface area contributed by atoms with Crippen molar-refractivity contribution in [3.05, 3.63) is 11.1 Å². The number of hydrogen-bond donors (Lipinski definition) is 1. The molecule has 0 saturated carbocycles. The van der Waals surface area contributed by atoms with Crippen LogP contribution in [0.4, 0.5) is 4.79 Å². The SMILES string of the molecule is COc1nc(C2CN(C(=O)OC(C)(C)C)CC2O)cs1. The Hall–Kier alpha value is -1.34. The normalized spacial score (nSPS) is 22.9. The van der Waals surface area contributed by atoms with E-state index < -0.39 is 17.8 Å². The Labute approximate surface area is 122 Å². The van der Waals surface area contributed by atoms with Gasteiger partial charge in [-0.3, -0.25) is 0 Å². The number of aliphatic hydroxyl groups is 1. The minimum Gasteiger partial charge on any atom is -0.473 e. The maximum atomic E-state index is 12.0. The number of rotatable bonds is 2. The van der Waals surface area contributed by atoms with Crippen molar-refractivity contribution in [2.45, 2.75) is 38.4 Å². The van der Waals surface area contributed by atoms with Crippen LogP contribution in [-0.2, 0) is 4.74 Å². The van der Waals surface area contributed by atoms with Gasteiger partial charge >= 0.3 is 6.09 Å². The van der Waals surface area contributed by atoms with Gasteiger partial charge in [-0.2, -0.15) is 0 Å². The summed E-state index contributed by atoms with van der Waals surface area (Å²) in [4.78, 5) is 17.8. The Morgan fingerprint density at radius 2 is 2.20 bits per heavy atom. The van der Waals surface area contributed by atoms with Crippen molar-refractivity contribution in [3.63, 3.8) is 0 Å². The molecule has 112 valence electrons. The van der Waals surface area contributed by atoms with Crippen molar-refractivity contribution in [2.75, 3.05) is 20.2 Å². The van der Waals surface area contributed by atoms with Crippen LogP contribution in [0.15, 0.2) is 5.38 Å². The zero-order valence-corrected chi connectivity index (χ0v) is 12.9. The first-order valence-corrected chi connectivity index (χ1v) is 7.33. The molecular formula is C13H20N2O4S. The Balaban J connectivity index is 2.03. The van der Waals surface area contributed by atoms with E-state index in [4.69, 9.17) is 9.47 Å². The lowest BCUT2D eigenvalue weighted by Gasteiger charge is -2.24. The van der Waals surface area contributed by atoms with Crippen molar-refractivity contribution in [2.24, 2.45) is 0 Å². The molecule has 1 amide bonds. The highest BCUT2D eigenvalue weighted by Gasteiger charge is 2.38. The summed E-state index contributed by atoms with van der Waals surface area (Å²) in [6, 6.07) is 0. The van der Waals surface area contributed by atoms with Crippen LogP contribution < -0.4 is 4.74 Å². The lowest BCUT2D eigenvalue weighted by atomic mass is 10.0. The highest BCUT2D eigenvalue weighted by molar-refractivity contribution is 7.11. The maximum absolute atomic E-state index is 12.0. The second-order valence-electron chi connectivity index (χ2n) is 5.80. The van der Waals surface area contributed by atoms with E-state index in [1.165, 1.54) is 16.2 Å². The van der Waals surface area contributed by atoms with E-state index in [-0.39, 0.29) is 12.5 Å². The van der Waals surface area contributed by atoms with Crippen molar-refractivity contribution >= 4 is 17.4 Å². The molecule has 1 fully saturated rings. The van der Waals surface area contributed by atoms with Gasteiger partial charge in [-0.15, -0.1) is 0 Å². The summed E-state index contributed by atoms with van der Waals surface area (Å²) in [5.41, 5.74) is 0.217. The first-order valence-electron chi connectivity index (χ1n) is 6.45. The molecule has 2 heterocycles. The lowest BCUT2D eigenvalue weighted by molar-refractivity contribution is 0.0270. The number of carbonyl (C=O) groups is 1. The smallest absolute Gasteiger partial charge is 0.410 e. The molecule has 0 aliphatic carbocycles. The molecule has 0 bridgehead atoms. The molecule has 0 aromatic carbocycles. The number of amides is 1. The average molecular weight is 300 g/mol. The first-order chi connectivity index (χ1) is 9.30. The van der Waals surface area contributed by atoms with Crippen molar-refractivity contribution < 1.29 is 19.4 Å². The standard InChI is InChI=1S/C13H20N2O4S/c1-13(2,3)19-12(17)15-5-8(10(16)6-15)9-7-20-11(14-9)18-4/h7-8,10,16H,5-6H2,1-4H3. The molecule has 1 aliphatic rings. The van der Waals surface area contributed by atoms with Gasteiger partial charge in [-0.1, -0.05) is 11.3 Å². The fourth-order valence-electron chi connectivity index (χ4n) is 2.09. The molecule has 6 nitrogen and oxygen atoms in total. The number of thiazole rings is 1. The van der Waals surface area contributed by atoms with Crippen LogP contribution in [0.3, 0.4) is 0 Å². The molecule has 1 aromatic heterocycles. The summed E-state index contributed by atoms with van der Waals surface area (Å²) < 4.78 is 10.4. The van der Waals surface area contributed by atoms with Gasteiger partial charge in [0.15, 0.2) is 0 Å². The van der Waals surface area contributed by atoms with Crippen LogP contribution in [0.1, 0.15) is 32.4 Å². The fraction of sp³-hybridized carbons (Fsp3) is 0.692. The molecule has 0 radical (unpaired) electrons. The average Bonchev–Trinajstić information content (AvgIpc) is 2.92. The van der Waals surface area contributed by atoms with Gasteiger partial charge in [-0.05, 0) is 20.8 Å². The molecule has 2 atom stereocenters. The number of carbonyl (C=O) groups excluding carboxylic acids is 1. The summed E-state index contributed by atoms with van der Waals surface area (Å²) >= 11 is 1.38. The predicted molar refractivity (Wildman–Crippen MR) is 75.2 cm³/mol. The molecule has 1 N–H and O–H groups in total. The second kappa shape index (κ2) is 5.57. The Bertz CT molecular complexity index is 483. The number of aromatic nitrogens is 1. The first kappa shape index (κ1) is 15.1. The molecule has 2 unspecified atom stereocenters. The maximum Gasteiger partial charge on any atom is 0.410 e. The van der Waals surface area contributed by atoms with Crippen LogP contribution in [0.5, 0.6) is 5.19 Å². The minimum absolute atomic E-state index is 0.192. The van der Waals surface area contributed by atoms with Gasteiger partial charge < -0.3 is 19.5 Å². The summed E-state index contributed by atoms with van der Waals surface area (Å²) in [6.45, 7) is 6.13. The number of ether oxygens (including phenoxy) is 2. The van der Waals surface area contributed by atoms with E-state index in [0.717, 1.165) is 5.69 Å². The number of nitrogens with zero attached hydrogens (tertiary/aromatic N) is 2. The third kappa shape index (κ3) is 3.40. The molecule has 20 heavy (non-hydrogen) atoms. The van der Waals surface area contributed by atoms with Gasteiger partial charge in [0.05, 0.1) is 25.5 Å². The van der Waals surface area contributed by atoms with Crippen molar-refractivity contribution in [1.29, 1.82) is 0 Å². The highest BCUT2D eigenvalue weighted by atomic mass is 32.1. The van der Waals surface area contributed by atoms with E-state index in [9.17, 15) is 9.90 Å². The zero-order valence-electron chi connectivity index (χ0n) is 12.1. The van der Waals surface area contributed by atoms with Gasteiger partial charge in [-0.25, -0.2) is 9.78 Å². The summed E-state index contributed by atoms with van der Waals surface area (Å²) in [6.07, 6.45) is -1.03. The zero-order chi connectivity index (χ0) is 14.9. The van der Waals surface area contributed by atoms with Gasteiger partial charge in [0.25, 0.3) is 5.19 Å². The molecule has 0 spiro atoms. The summed E-state index contributed by atoms with van der Waals surface area (Å²) in [5, 5.41) is 12.5. The summed E-state index contributed by atoms with van der Waals surface area (Å²) in [7, 11) is 1.56. The molecule has 2 rings (SSSR count). The number of methoxy groups -OCH3 is 1. The largest absolute Gasteiger partial charge is 0.473 e. The van der Waals surface area contributed by atoms with Crippen LogP contribution in [0.2, 0.25) is 0 Å². The Morgan fingerprint density at radius 1 is 1.50 bits per heavy atom.